The molecule has 1 aliphatic rings. The van der Waals surface area contributed by atoms with Crippen molar-refractivity contribution < 1.29 is 5.11 Å². The van der Waals surface area contributed by atoms with E-state index in [1.807, 2.05) is 13.8 Å². The topological polar surface area (TPSA) is 20.2 Å². The molecule has 0 radical (unpaired) electrons. The second kappa shape index (κ2) is 11.7. The summed E-state index contributed by atoms with van der Waals surface area (Å²) in [6.45, 7) is 5.93. The minimum Gasteiger partial charge on any atom is -0.397 e. The maximum Gasteiger partial charge on any atom is 0.0402 e. The highest BCUT2D eigenvalue weighted by Crippen LogP contribution is 2.31. The average molecular weight is 236 g/mol. The third kappa shape index (κ3) is 7.17. The summed E-state index contributed by atoms with van der Waals surface area (Å²) >= 11 is 0. The molecule has 0 aliphatic heterocycles. The van der Waals surface area contributed by atoms with E-state index in [-0.39, 0.29) is 6.61 Å². The molecular weight excluding hydrogens is 208 g/mol. The Bertz CT molecular complexity index is 237. The SMILES string of the molecule is CC.CCO.c1ccc(C2CCCCC2)cc1. The van der Waals surface area contributed by atoms with E-state index in [0.717, 1.165) is 5.92 Å². The monoisotopic (exact) mass is 236 g/mol. The van der Waals surface area contributed by atoms with Crippen LogP contribution in [0.15, 0.2) is 30.3 Å². The van der Waals surface area contributed by atoms with E-state index in [1.54, 1.807) is 12.5 Å². The molecule has 1 aromatic rings. The fourth-order valence-electron chi connectivity index (χ4n) is 2.16. The number of aliphatic hydroxyl groups is 1. The van der Waals surface area contributed by atoms with Gasteiger partial charge in [0.15, 0.2) is 0 Å². The minimum atomic E-state index is 0.250. The second-order valence-electron chi connectivity index (χ2n) is 4.06. The molecule has 0 spiro atoms. The van der Waals surface area contributed by atoms with Crippen molar-refractivity contribution in [3.05, 3.63) is 35.9 Å². The van der Waals surface area contributed by atoms with Crippen molar-refractivity contribution in [1.29, 1.82) is 0 Å². The number of hydrogen-bond acceptors (Lipinski definition) is 1. The van der Waals surface area contributed by atoms with Crippen LogP contribution in [-0.4, -0.2) is 11.7 Å². The zero-order chi connectivity index (χ0) is 12.9. The van der Waals surface area contributed by atoms with Crippen molar-refractivity contribution in [2.45, 2.75) is 58.8 Å². The van der Waals surface area contributed by atoms with Crippen molar-refractivity contribution in [2.75, 3.05) is 6.61 Å². The first-order chi connectivity index (χ1) is 8.38. The molecule has 2 rings (SSSR count). The fraction of sp³-hybridized carbons (Fsp3) is 0.625. The standard InChI is InChI=1S/C12H16.C2H6O.C2H6/c1-3-7-11(8-4-1)12-9-5-2-6-10-12;1-2-3;1-2/h1,3-4,7-8,12H,2,5-6,9-10H2;3H,2H2,1H3;1-2H3. The molecule has 1 aromatic carbocycles. The van der Waals surface area contributed by atoms with Gasteiger partial charge < -0.3 is 5.11 Å². The quantitative estimate of drug-likeness (QED) is 0.745. The van der Waals surface area contributed by atoms with Crippen LogP contribution in [0, 0.1) is 0 Å². The van der Waals surface area contributed by atoms with Crippen molar-refractivity contribution in [1.82, 2.24) is 0 Å². The van der Waals surface area contributed by atoms with E-state index < -0.39 is 0 Å². The Balaban J connectivity index is 0.000000450. The Kier molecular flexibility index (Phi) is 11.1. The summed E-state index contributed by atoms with van der Waals surface area (Å²) in [5.41, 5.74) is 1.55. The van der Waals surface area contributed by atoms with Crippen molar-refractivity contribution in [2.24, 2.45) is 0 Å². The van der Waals surface area contributed by atoms with E-state index in [1.165, 1.54) is 32.1 Å². The maximum absolute atomic E-state index is 7.57. The van der Waals surface area contributed by atoms with Gasteiger partial charge in [-0.05, 0) is 31.2 Å². The van der Waals surface area contributed by atoms with E-state index in [9.17, 15) is 0 Å². The van der Waals surface area contributed by atoms with Crippen LogP contribution in [0.25, 0.3) is 0 Å². The lowest BCUT2D eigenvalue weighted by Gasteiger charge is -2.21. The number of aliphatic hydroxyl groups excluding tert-OH is 1. The Labute approximate surface area is 107 Å². The Morgan fingerprint density at radius 1 is 1.00 bits per heavy atom. The molecular formula is C16H28O. The van der Waals surface area contributed by atoms with Gasteiger partial charge >= 0.3 is 0 Å². The highest BCUT2D eigenvalue weighted by Gasteiger charge is 2.14. The molecule has 0 heterocycles. The predicted octanol–water partition coefficient (Wildman–Crippen LogP) is 4.76. The van der Waals surface area contributed by atoms with Crippen molar-refractivity contribution in [3.63, 3.8) is 0 Å². The fourth-order valence-corrected chi connectivity index (χ4v) is 2.16. The normalized spacial score (nSPS) is 15.1. The summed E-state index contributed by atoms with van der Waals surface area (Å²) in [7, 11) is 0. The predicted molar refractivity (Wildman–Crippen MR) is 76.4 cm³/mol. The molecule has 1 nitrogen and oxygen atoms in total. The number of hydrogen-bond donors (Lipinski definition) is 1. The van der Waals surface area contributed by atoms with Gasteiger partial charge in [-0.1, -0.05) is 63.4 Å². The van der Waals surface area contributed by atoms with Crippen molar-refractivity contribution >= 4 is 0 Å². The van der Waals surface area contributed by atoms with E-state index in [2.05, 4.69) is 30.3 Å². The first kappa shape index (κ1) is 16.2. The van der Waals surface area contributed by atoms with Crippen LogP contribution in [0.1, 0.15) is 64.4 Å². The van der Waals surface area contributed by atoms with Crippen LogP contribution in [0.5, 0.6) is 0 Å². The number of rotatable bonds is 1. The summed E-state index contributed by atoms with van der Waals surface area (Å²) in [5.74, 6) is 0.861. The van der Waals surface area contributed by atoms with Gasteiger partial charge in [-0.2, -0.15) is 0 Å². The molecule has 1 aliphatic carbocycles. The lowest BCUT2D eigenvalue weighted by Crippen LogP contribution is -2.03. The van der Waals surface area contributed by atoms with Crippen LogP contribution in [0.2, 0.25) is 0 Å². The second-order valence-corrected chi connectivity index (χ2v) is 4.06. The average Bonchev–Trinajstić information content (AvgIpc) is 2.44. The Hall–Kier alpha value is -0.820. The minimum absolute atomic E-state index is 0.250. The molecule has 0 unspecified atom stereocenters. The van der Waals surface area contributed by atoms with Crippen LogP contribution in [-0.2, 0) is 0 Å². The number of benzene rings is 1. The smallest absolute Gasteiger partial charge is 0.0402 e. The first-order valence-corrected chi connectivity index (χ1v) is 7.04. The molecule has 0 bridgehead atoms. The summed E-state index contributed by atoms with van der Waals surface area (Å²) in [6, 6.07) is 11.0. The summed E-state index contributed by atoms with van der Waals surface area (Å²) in [6.07, 6.45) is 7.12. The maximum atomic E-state index is 7.57. The van der Waals surface area contributed by atoms with Gasteiger partial charge in [0.05, 0.1) is 0 Å². The van der Waals surface area contributed by atoms with Gasteiger partial charge in [-0.25, -0.2) is 0 Å². The lowest BCUT2D eigenvalue weighted by atomic mass is 9.84. The molecule has 98 valence electrons. The van der Waals surface area contributed by atoms with Gasteiger partial charge in [-0.15, -0.1) is 0 Å². The third-order valence-corrected chi connectivity index (χ3v) is 2.88. The van der Waals surface area contributed by atoms with Crippen LogP contribution in [0.4, 0.5) is 0 Å². The largest absolute Gasteiger partial charge is 0.397 e. The van der Waals surface area contributed by atoms with Crippen LogP contribution in [0.3, 0.4) is 0 Å². The van der Waals surface area contributed by atoms with Gasteiger partial charge in [0.1, 0.15) is 0 Å². The van der Waals surface area contributed by atoms with Gasteiger partial charge in [0.2, 0.25) is 0 Å². The summed E-state index contributed by atoms with van der Waals surface area (Å²) in [5, 5.41) is 7.57. The third-order valence-electron chi connectivity index (χ3n) is 2.88. The first-order valence-electron chi connectivity index (χ1n) is 7.04. The molecule has 1 N–H and O–H groups in total. The molecule has 1 saturated carbocycles. The molecule has 0 amide bonds. The lowest BCUT2D eigenvalue weighted by molar-refractivity contribution is 0.318. The van der Waals surface area contributed by atoms with Gasteiger partial charge in [-0.3, -0.25) is 0 Å². The van der Waals surface area contributed by atoms with Crippen molar-refractivity contribution in [3.8, 4) is 0 Å². The zero-order valence-electron chi connectivity index (χ0n) is 11.7. The van der Waals surface area contributed by atoms with E-state index in [4.69, 9.17) is 5.11 Å². The molecule has 17 heavy (non-hydrogen) atoms. The van der Waals surface area contributed by atoms with E-state index >= 15 is 0 Å². The summed E-state index contributed by atoms with van der Waals surface area (Å²) < 4.78 is 0. The Morgan fingerprint density at radius 3 is 1.94 bits per heavy atom. The molecule has 1 fully saturated rings. The molecule has 1 heteroatoms. The highest BCUT2D eigenvalue weighted by molar-refractivity contribution is 5.19. The van der Waals surface area contributed by atoms with E-state index in [0.29, 0.717) is 0 Å². The van der Waals surface area contributed by atoms with Crippen LogP contribution < -0.4 is 0 Å². The molecule has 0 aromatic heterocycles. The molecule has 0 atom stereocenters. The van der Waals surface area contributed by atoms with Gasteiger partial charge in [0, 0.05) is 6.61 Å². The van der Waals surface area contributed by atoms with Crippen LogP contribution >= 0.6 is 0 Å². The Morgan fingerprint density at radius 2 is 1.47 bits per heavy atom. The zero-order valence-corrected chi connectivity index (χ0v) is 11.7. The molecule has 0 saturated heterocycles. The van der Waals surface area contributed by atoms with Gasteiger partial charge in [0.25, 0.3) is 0 Å². The summed E-state index contributed by atoms with van der Waals surface area (Å²) in [4.78, 5) is 0. The highest BCUT2D eigenvalue weighted by atomic mass is 16.2.